The first-order chi connectivity index (χ1) is 8.20. The molecule has 0 radical (unpaired) electrons. The van der Waals surface area contributed by atoms with Crippen molar-refractivity contribution >= 4 is 41.6 Å². The number of hydrogen-bond acceptors (Lipinski definition) is 4. The number of aryl methyl sites for hydroxylation is 1. The zero-order valence-electron chi connectivity index (χ0n) is 9.68. The second kappa shape index (κ2) is 5.54. The number of thioether (sulfide) groups is 1. The number of nitrogens with two attached hydrogens (primary N) is 1. The van der Waals surface area contributed by atoms with E-state index in [0.29, 0.717) is 5.95 Å². The maximum absolute atomic E-state index is 5.67. The Labute approximate surface area is 111 Å². The van der Waals surface area contributed by atoms with Crippen LogP contribution in [0.1, 0.15) is 5.69 Å². The quantitative estimate of drug-likeness (QED) is 0.516. The molecular weight excluding hydrogens is 297 g/mol. The zero-order valence-corrected chi connectivity index (χ0v) is 12.2. The molecule has 0 aliphatic rings. The number of aromatic nitrogens is 2. The van der Waals surface area contributed by atoms with Gasteiger partial charge in [0.25, 0.3) is 0 Å². The third-order valence-electron chi connectivity index (χ3n) is 2.18. The van der Waals surface area contributed by atoms with E-state index in [1.54, 1.807) is 11.8 Å². The molecule has 0 saturated carbocycles. The molecule has 0 amide bonds. The Bertz CT molecular complexity index is 517. The van der Waals surface area contributed by atoms with Crippen molar-refractivity contribution in [3.63, 3.8) is 0 Å². The Morgan fingerprint density at radius 3 is 2.53 bits per heavy atom. The molecule has 0 saturated heterocycles. The van der Waals surface area contributed by atoms with Gasteiger partial charge in [-0.15, -0.1) is 0 Å². The summed E-state index contributed by atoms with van der Waals surface area (Å²) in [5.41, 5.74) is 6.66. The Morgan fingerprint density at radius 2 is 1.88 bits per heavy atom. The summed E-state index contributed by atoms with van der Waals surface area (Å²) in [5, 5.41) is 0.999. The fourth-order valence-electron chi connectivity index (χ4n) is 1.42. The van der Waals surface area contributed by atoms with E-state index in [4.69, 9.17) is 5.73 Å². The summed E-state index contributed by atoms with van der Waals surface area (Å²) in [5.74, 6) is 0.361. The first kappa shape index (κ1) is 12.4. The molecular formula is C12H13N3SSe. The SMILES string of the molecule is CSc1nc(N)nc(C)c1[Se]c1ccccc1. The Kier molecular flexibility index (Phi) is 4.05. The van der Waals surface area contributed by atoms with Crippen LogP contribution in [0, 0.1) is 6.92 Å². The van der Waals surface area contributed by atoms with E-state index in [-0.39, 0.29) is 15.0 Å². The standard InChI is InChI=1S/C12H13N3SSe/c1-8-10(11(16-2)15-12(13)14-8)17-9-6-4-3-5-7-9/h3-7H,1-2H3,(H2,13,14,15). The number of hydrogen-bond donors (Lipinski definition) is 1. The van der Waals surface area contributed by atoms with Gasteiger partial charge in [-0.2, -0.15) is 0 Å². The average molecular weight is 310 g/mol. The summed E-state index contributed by atoms with van der Waals surface area (Å²) in [6.45, 7) is 2.00. The third-order valence-corrected chi connectivity index (χ3v) is 5.67. The molecule has 0 aliphatic carbocycles. The topological polar surface area (TPSA) is 51.8 Å². The summed E-state index contributed by atoms with van der Waals surface area (Å²) >= 11 is 1.86. The number of anilines is 1. The third kappa shape index (κ3) is 3.00. The molecule has 0 unspecified atom stereocenters. The molecule has 2 aromatic rings. The molecule has 1 aromatic carbocycles. The van der Waals surface area contributed by atoms with Crippen LogP contribution in [0.25, 0.3) is 0 Å². The number of rotatable bonds is 3. The zero-order chi connectivity index (χ0) is 12.3. The van der Waals surface area contributed by atoms with Gasteiger partial charge in [0.05, 0.1) is 0 Å². The Morgan fingerprint density at radius 1 is 1.18 bits per heavy atom. The molecule has 17 heavy (non-hydrogen) atoms. The summed E-state index contributed by atoms with van der Waals surface area (Å²) in [6, 6.07) is 10.4. The van der Waals surface area contributed by atoms with Gasteiger partial charge in [-0.05, 0) is 0 Å². The summed E-state index contributed by atoms with van der Waals surface area (Å²) in [4.78, 5) is 8.54. The molecule has 2 N–H and O–H groups in total. The van der Waals surface area contributed by atoms with Crippen LogP contribution < -0.4 is 14.7 Å². The van der Waals surface area contributed by atoms with Gasteiger partial charge in [-0.1, -0.05) is 0 Å². The van der Waals surface area contributed by atoms with Gasteiger partial charge in [0.2, 0.25) is 0 Å². The van der Waals surface area contributed by atoms with Crippen molar-refractivity contribution in [3.8, 4) is 0 Å². The molecule has 1 aromatic heterocycles. The first-order valence-electron chi connectivity index (χ1n) is 5.11. The fourth-order valence-corrected chi connectivity index (χ4v) is 4.47. The second-order valence-electron chi connectivity index (χ2n) is 3.42. The van der Waals surface area contributed by atoms with Gasteiger partial charge in [-0.25, -0.2) is 0 Å². The predicted molar refractivity (Wildman–Crippen MR) is 74.4 cm³/mol. The molecule has 0 bridgehead atoms. The number of nitrogens with zero attached hydrogens (tertiary/aromatic N) is 2. The minimum atomic E-state index is 0.234. The predicted octanol–water partition coefficient (Wildman–Crippen LogP) is 0.744. The van der Waals surface area contributed by atoms with Crippen molar-refractivity contribution in [1.29, 1.82) is 0 Å². The minimum absolute atomic E-state index is 0.234. The van der Waals surface area contributed by atoms with Crippen LogP contribution in [0.3, 0.4) is 0 Å². The van der Waals surface area contributed by atoms with Gasteiger partial charge in [-0.3, -0.25) is 0 Å². The van der Waals surface area contributed by atoms with E-state index in [1.165, 1.54) is 8.92 Å². The molecule has 0 fully saturated rings. The van der Waals surface area contributed by atoms with Gasteiger partial charge < -0.3 is 0 Å². The van der Waals surface area contributed by atoms with E-state index >= 15 is 0 Å². The molecule has 0 spiro atoms. The molecule has 5 heteroatoms. The average Bonchev–Trinajstić information content (AvgIpc) is 2.33. The van der Waals surface area contributed by atoms with Crippen molar-refractivity contribution in [2.75, 3.05) is 12.0 Å². The number of nitrogen functional groups attached to an aromatic ring is 1. The second-order valence-corrected chi connectivity index (χ2v) is 6.49. The van der Waals surface area contributed by atoms with Crippen LogP contribution in [0.4, 0.5) is 5.95 Å². The summed E-state index contributed by atoms with van der Waals surface area (Å²) in [7, 11) is 0. The van der Waals surface area contributed by atoms with Crippen LogP contribution in [0.5, 0.6) is 0 Å². The monoisotopic (exact) mass is 311 g/mol. The number of benzene rings is 1. The molecule has 2 rings (SSSR count). The van der Waals surface area contributed by atoms with Crippen molar-refractivity contribution in [1.82, 2.24) is 9.97 Å². The van der Waals surface area contributed by atoms with Crippen LogP contribution in [-0.4, -0.2) is 31.2 Å². The van der Waals surface area contributed by atoms with Crippen molar-refractivity contribution in [2.45, 2.75) is 11.9 Å². The van der Waals surface area contributed by atoms with E-state index in [2.05, 4.69) is 34.2 Å². The molecule has 88 valence electrons. The molecule has 0 atom stereocenters. The van der Waals surface area contributed by atoms with Gasteiger partial charge >= 0.3 is 112 Å². The normalized spacial score (nSPS) is 10.5. The van der Waals surface area contributed by atoms with Gasteiger partial charge in [0.1, 0.15) is 0 Å². The van der Waals surface area contributed by atoms with Crippen molar-refractivity contribution in [2.24, 2.45) is 0 Å². The first-order valence-corrected chi connectivity index (χ1v) is 8.05. The summed E-state index contributed by atoms with van der Waals surface area (Å²) < 4.78 is 2.55. The molecule has 0 aliphatic heterocycles. The van der Waals surface area contributed by atoms with Crippen molar-refractivity contribution < 1.29 is 0 Å². The van der Waals surface area contributed by atoms with E-state index < -0.39 is 0 Å². The maximum atomic E-state index is 5.67. The fraction of sp³-hybridized carbons (Fsp3) is 0.167. The van der Waals surface area contributed by atoms with Crippen LogP contribution in [0.2, 0.25) is 0 Å². The Hall–Kier alpha value is -1.03. The van der Waals surface area contributed by atoms with Gasteiger partial charge in [0.15, 0.2) is 0 Å². The summed E-state index contributed by atoms with van der Waals surface area (Å²) in [6.07, 6.45) is 2.02. The van der Waals surface area contributed by atoms with Gasteiger partial charge in [0, 0.05) is 0 Å². The van der Waals surface area contributed by atoms with E-state index in [1.807, 2.05) is 19.2 Å². The van der Waals surface area contributed by atoms with Crippen LogP contribution >= 0.6 is 11.8 Å². The Balaban J connectivity index is 2.38. The molecule has 3 nitrogen and oxygen atoms in total. The van der Waals surface area contributed by atoms with E-state index in [9.17, 15) is 0 Å². The van der Waals surface area contributed by atoms with Crippen LogP contribution in [0.15, 0.2) is 35.4 Å². The molecule has 1 heterocycles. The van der Waals surface area contributed by atoms with Crippen molar-refractivity contribution in [3.05, 3.63) is 36.0 Å². The van der Waals surface area contributed by atoms with Crippen LogP contribution in [-0.2, 0) is 0 Å². The van der Waals surface area contributed by atoms with E-state index in [0.717, 1.165) is 10.7 Å².